The van der Waals surface area contributed by atoms with Crippen LogP contribution in [0.3, 0.4) is 0 Å². The first-order valence-corrected chi connectivity index (χ1v) is 10.4. The van der Waals surface area contributed by atoms with Crippen LogP contribution < -0.4 is 0 Å². The highest BCUT2D eigenvalue weighted by atomic mass is 16.3. The Balaban J connectivity index is 1.88. The van der Waals surface area contributed by atoms with Crippen molar-refractivity contribution in [2.45, 2.75) is 96.8 Å². The molecule has 0 spiro atoms. The van der Waals surface area contributed by atoms with Crippen LogP contribution in [0, 0.1) is 0 Å². The fourth-order valence-corrected chi connectivity index (χ4v) is 3.21. The van der Waals surface area contributed by atoms with Crippen LogP contribution in [-0.2, 0) is 6.42 Å². The second-order valence-corrected chi connectivity index (χ2v) is 7.21. The molecule has 1 rings (SSSR count). The topological polar surface area (TPSA) is 40.5 Å². The summed E-state index contributed by atoms with van der Waals surface area (Å²) in [6, 6.07) is 4.77. The summed E-state index contributed by atoms with van der Waals surface area (Å²) in [5.74, 6) is 0.258. The molecule has 2 nitrogen and oxygen atoms in total. The van der Waals surface area contributed by atoms with E-state index in [0.717, 1.165) is 18.4 Å². The Morgan fingerprint density at radius 3 is 1.64 bits per heavy atom. The molecule has 0 fully saturated rings. The Kier molecular flexibility index (Phi) is 12.8. The van der Waals surface area contributed by atoms with Crippen LogP contribution in [0.4, 0.5) is 0 Å². The van der Waals surface area contributed by atoms with Gasteiger partial charge in [-0.15, -0.1) is 0 Å². The van der Waals surface area contributed by atoms with Crippen molar-refractivity contribution in [2.75, 3.05) is 0 Å². The van der Waals surface area contributed by atoms with Gasteiger partial charge in [-0.1, -0.05) is 89.7 Å². The number of rotatable bonds is 15. The molecule has 2 N–H and O–H groups in total. The molecular weight excluding hydrogens is 308 g/mol. The van der Waals surface area contributed by atoms with Crippen molar-refractivity contribution in [3.8, 4) is 11.5 Å². The van der Waals surface area contributed by atoms with Gasteiger partial charge in [-0.05, 0) is 37.0 Å². The van der Waals surface area contributed by atoms with Gasteiger partial charge in [0.1, 0.15) is 11.5 Å². The van der Waals surface area contributed by atoms with Crippen molar-refractivity contribution >= 4 is 0 Å². The molecule has 25 heavy (non-hydrogen) atoms. The maximum absolute atomic E-state index is 9.44. The third kappa shape index (κ3) is 12.6. The van der Waals surface area contributed by atoms with E-state index >= 15 is 0 Å². The summed E-state index contributed by atoms with van der Waals surface area (Å²) in [7, 11) is 0. The lowest BCUT2D eigenvalue weighted by molar-refractivity contribution is 0.449. The van der Waals surface area contributed by atoms with E-state index in [1.165, 1.54) is 83.1 Å². The first-order valence-electron chi connectivity index (χ1n) is 10.4. The van der Waals surface area contributed by atoms with Crippen LogP contribution in [0.5, 0.6) is 11.5 Å². The maximum Gasteiger partial charge on any atom is 0.119 e. The third-order valence-corrected chi connectivity index (χ3v) is 4.71. The zero-order chi connectivity index (χ0) is 18.2. The van der Waals surface area contributed by atoms with E-state index in [9.17, 15) is 10.2 Å². The number of aromatic hydroxyl groups is 2. The minimum atomic E-state index is 0.129. The van der Waals surface area contributed by atoms with Gasteiger partial charge in [0.2, 0.25) is 0 Å². The lowest BCUT2D eigenvalue weighted by Crippen LogP contribution is -1.83. The van der Waals surface area contributed by atoms with E-state index in [4.69, 9.17) is 0 Å². The van der Waals surface area contributed by atoms with Crippen LogP contribution in [0.1, 0.15) is 96.0 Å². The Bertz CT molecular complexity index is 445. The summed E-state index contributed by atoms with van der Waals surface area (Å²) < 4.78 is 0. The lowest BCUT2D eigenvalue weighted by atomic mass is 10.0. The van der Waals surface area contributed by atoms with E-state index in [0.29, 0.717) is 0 Å². The molecule has 0 aromatic heterocycles. The third-order valence-electron chi connectivity index (χ3n) is 4.71. The van der Waals surface area contributed by atoms with Crippen molar-refractivity contribution in [2.24, 2.45) is 0 Å². The number of allylic oxidation sites excluding steroid dienone is 2. The van der Waals surface area contributed by atoms with Crippen LogP contribution in [0.2, 0.25) is 0 Å². The number of benzene rings is 1. The fraction of sp³-hybridized carbons (Fsp3) is 0.652. The minimum absolute atomic E-state index is 0.129. The molecule has 1 aromatic carbocycles. The highest BCUT2D eigenvalue weighted by molar-refractivity contribution is 5.37. The zero-order valence-corrected chi connectivity index (χ0v) is 16.2. The van der Waals surface area contributed by atoms with Gasteiger partial charge in [0.05, 0.1) is 0 Å². The smallest absolute Gasteiger partial charge is 0.119 e. The predicted molar refractivity (Wildman–Crippen MR) is 108 cm³/mol. The molecule has 0 atom stereocenters. The summed E-state index contributed by atoms with van der Waals surface area (Å²) in [5.41, 5.74) is 0.948. The van der Waals surface area contributed by atoms with E-state index in [1.54, 1.807) is 12.1 Å². The summed E-state index contributed by atoms with van der Waals surface area (Å²) in [4.78, 5) is 0. The van der Waals surface area contributed by atoms with E-state index in [-0.39, 0.29) is 11.5 Å². The standard InChI is InChI=1S/C23H38O2/c1-2-3-4-5-6-7-8-9-10-11-12-13-14-15-16-17-21-18-22(24)20-23(25)19-21/h15-16,18-20,24-25H,2-14,17H2,1H3/b16-15-. The molecule has 0 aliphatic heterocycles. The van der Waals surface area contributed by atoms with Crippen LogP contribution >= 0.6 is 0 Å². The van der Waals surface area contributed by atoms with Crippen molar-refractivity contribution < 1.29 is 10.2 Å². The second kappa shape index (κ2) is 14.9. The van der Waals surface area contributed by atoms with Gasteiger partial charge in [-0.2, -0.15) is 0 Å². The second-order valence-electron chi connectivity index (χ2n) is 7.21. The van der Waals surface area contributed by atoms with Gasteiger partial charge < -0.3 is 10.2 Å². The lowest BCUT2D eigenvalue weighted by Gasteiger charge is -2.02. The van der Waals surface area contributed by atoms with Gasteiger partial charge in [0.15, 0.2) is 0 Å². The van der Waals surface area contributed by atoms with Gasteiger partial charge in [0.25, 0.3) is 0 Å². The van der Waals surface area contributed by atoms with Crippen LogP contribution in [0.25, 0.3) is 0 Å². The average molecular weight is 347 g/mol. The molecule has 0 aliphatic carbocycles. The number of hydrogen-bond acceptors (Lipinski definition) is 2. The van der Waals surface area contributed by atoms with Crippen LogP contribution in [0.15, 0.2) is 30.4 Å². The molecule has 142 valence electrons. The highest BCUT2D eigenvalue weighted by Gasteiger charge is 1.97. The molecule has 0 aliphatic rings. The number of phenolic OH excluding ortho intramolecular Hbond substituents is 2. The SMILES string of the molecule is CCCCCCCCCCCCCC/C=C\Cc1cc(O)cc(O)c1. The largest absolute Gasteiger partial charge is 0.508 e. The zero-order valence-electron chi connectivity index (χ0n) is 16.2. The molecular formula is C23H38O2. The molecule has 0 radical (unpaired) electrons. The number of hydrogen-bond donors (Lipinski definition) is 2. The van der Waals surface area contributed by atoms with Gasteiger partial charge in [-0.3, -0.25) is 0 Å². The first-order chi connectivity index (χ1) is 12.2. The Hall–Kier alpha value is -1.44. The van der Waals surface area contributed by atoms with E-state index in [1.807, 2.05) is 0 Å². The van der Waals surface area contributed by atoms with Crippen molar-refractivity contribution in [1.82, 2.24) is 0 Å². The van der Waals surface area contributed by atoms with Crippen molar-refractivity contribution in [1.29, 1.82) is 0 Å². The molecule has 2 heteroatoms. The maximum atomic E-state index is 9.44. The van der Waals surface area contributed by atoms with E-state index in [2.05, 4.69) is 19.1 Å². The summed E-state index contributed by atoms with van der Waals surface area (Å²) in [5, 5.41) is 18.9. The van der Waals surface area contributed by atoms with Crippen LogP contribution in [-0.4, -0.2) is 10.2 Å². The van der Waals surface area contributed by atoms with Gasteiger partial charge in [-0.25, -0.2) is 0 Å². The first kappa shape index (κ1) is 21.6. The minimum Gasteiger partial charge on any atom is -0.508 e. The molecule has 0 saturated carbocycles. The Morgan fingerprint density at radius 1 is 0.640 bits per heavy atom. The normalized spacial score (nSPS) is 11.4. The van der Waals surface area contributed by atoms with E-state index < -0.39 is 0 Å². The van der Waals surface area contributed by atoms with Crippen molar-refractivity contribution in [3.63, 3.8) is 0 Å². The number of phenols is 2. The van der Waals surface area contributed by atoms with Gasteiger partial charge >= 0.3 is 0 Å². The number of unbranched alkanes of at least 4 members (excludes halogenated alkanes) is 12. The predicted octanol–water partition coefficient (Wildman–Crippen LogP) is 7.29. The molecule has 1 aromatic rings. The monoisotopic (exact) mass is 346 g/mol. The molecule has 0 saturated heterocycles. The van der Waals surface area contributed by atoms with Gasteiger partial charge in [0, 0.05) is 6.07 Å². The molecule has 0 bridgehead atoms. The summed E-state index contributed by atoms with van der Waals surface area (Å²) >= 11 is 0. The summed E-state index contributed by atoms with van der Waals surface area (Å²) in [6.45, 7) is 2.27. The summed E-state index contributed by atoms with van der Waals surface area (Å²) in [6.07, 6.45) is 22.9. The molecule has 0 unspecified atom stereocenters. The fourth-order valence-electron chi connectivity index (χ4n) is 3.21. The Labute approximate surface area is 155 Å². The quantitative estimate of drug-likeness (QED) is 0.258. The Morgan fingerprint density at radius 2 is 1.12 bits per heavy atom. The average Bonchev–Trinajstić information content (AvgIpc) is 2.57. The molecule has 0 heterocycles. The van der Waals surface area contributed by atoms with Crippen molar-refractivity contribution in [3.05, 3.63) is 35.9 Å². The highest BCUT2D eigenvalue weighted by Crippen LogP contribution is 2.21. The molecule has 0 amide bonds.